The zero-order chi connectivity index (χ0) is 14.7. The van der Waals surface area contributed by atoms with Crippen LogP contribution in [0.3, 0.4) is 0 Å². The second-order valence-corrected chi connectivity index (χ2v) is 5.75. The van der Waals surface area contributed by atoms with Gasteiger partial charge in [0.2, 0.25) is 0 Å². The molecule has 0 spiro atoms. The van der Waals surface area contributed by atoms with E-state index in [1.807, 2.05) is 26.0 Å². The Hall–Kier alpha value is -1.26. The van der Waals surface area contributed by atoms with Crippen LogP contribution in [0.1, 0.15) is 37.1 Å². The van der Waals surface area contributed by atoms with Crippen LogP contribution >= 0.6 is 15.9 Å². The van der Waals surface area contributed by atoms with Gasteiger partial charge >= 0.3 is 0 Å². The molecular weight excluding hydrogens is 324 g/mol. The molecule has 1 unspecified atom stereocenters. The SMILES string of the molecule is CC(N[C@H](C)c1cccc(F)c1)c1ccc(Br)cc1F. The van der Waals surface area contributed by atoms with E-state index in [-0.39, 0.29) is 23.7 Å². The Morgan fingerprint density at radius 2 is 1.75 bits per heavy atom. The zero-order valence-corrected chi connectivity index (χ0v) is 12.9. The van der Waals surface area contributed by atoms with Crippen molar-refractivity contribution in [3.8, 4) is 0 Å². The molecule has 2 atom stereocenters. The lowest BCUT2D eigenvalue weighted by atomic mass is 10.0. The molecule has 0 fully saturated rings. The van der Waals surface area contributed by atoms with Crippen LogP contribution < -0.4 is 5.32 Å². The number of hydrogen-bond donors (Lipinski definition) is 1. The van der Waals surface area contributed by atoms with Gasteiger partial charge in [0.1, 0.15) is 11.6 Å². The molecule has 0 saturated heterocycles. The molecule has 106 valence electrons. The lowest BCUT2D eigenvalue weighted by Crippen LogP contribution is -2.23. The van der Waals surface area contributed by atoms with Crippen LogP contribution in [-0.4, -0.2) is 0 Å². The molecule has 0 radical (unpaired) electrons. The van der Waals surface area contributed by atoms with Crippen molar-refractivity contribution in [1.29, 1.82) is 0 Å². The topological polar surface area (TPSA) is 12.0 Å². The van der Waals surface area contributed by atoms with Crippen LogP contribution in [0.2, 0.25) is 0 Å². The van der Waals surface area contributed by atoms with Crippen molar-refractivity contribution < 1.29 is 8.78 Å². The monoisotopic (exact) mass is 339 g/mol. The average Bonchev–Trinajstić information content (AvgIpc) is 2.38. The Kier molecular flexibility index (Phi) is 4.89. The summed E-state index contributed by atoms with van der Waals surface area (Å²) in [5, 5.41) is 3.28. The van der Waals surface area contributed by atoms with Gasteiger partial charge in [-0.15, -0.1) is 0 Å². The van der Waals surface area contributed by atoms with Gasteiger partial charge in [-0.2, -0.15) is 0 Å². The van der Waals surface area contributed by atoms with E-state index in [2.05, 4.69) is 21.2 Å². The van der Waals surface area contributed by atoms with Crippen molar-refractivity contribution >= 4 is 15.9 Å². The smallest absolute Gasteiger partial charge is 0.129 e. The molecule has 2 rings (SSSR count). The van der Waals surface area contributed by atoms with Crippen LogP contribution in [0.15, 0.2) is 46.9 Å². The standard InChI is InChI=1S/C16H16BrF2N/c1-10(12-4-3-5-14(18)8-12)20-11(2)15-7-6-13(17)9-16(15)19/h3-11,20H,1-2H3/t10-,11?/m1/s1. The Morgan fingerprint density at radius 3 is 2.40 bits per heavy atom. The molecule has 4 heteroatoms. The summed E-state index contributed by atoms with van der Waals surface area (Å²) < 4.78 is 27.8. The Balaban J connectivity index is 2.12. The molecule has 20 heavy (non-hydrogen) atoms. The summed E-state index contributed by atoms with van der Waals surface area (Å²) in [5.41, 5.74) is 1.44. The van der Waals surface area contributed by atoms with Gasteiger partial charge in [0.25, 0.3) is 0 Å². The van der Waals surface area contributed by atoms with E-state index in [4.69, 9.17) is 0 Å². The number of benzene rings is 2. The third kappa shape index (κ3) is 3.64. The minimum absolute atomic E-state index is 0.0660. The highest BCUT2D eigenvalue weighted by Crippen LogP contribution is 2.24. The second-order valence-electron chi connectivity index (χ2n) is 4.83. The Labute approximate surface area is 126 Å². The van der Waals surface area contributed by atoms with Crippen molar-refractivity contribution in [3.05, 3.63) is 69.7 Å². The third-order valence-corrected chi connectivity index (χ3v) is 3.77. The minimum Gasteiger partial charge on any atom is -0.304 e. The van der Waals surface area contributed by atoms with E-state index in [1.54, 1.807) is 12.1 Å². The van der Waals surface area contributed by atoms with Gasteiger partial charge in [-0.3, -0.25) is 0 Å². The van der Waals surface area contributed by atoms with E-state index in [9.17, 15) is 8.78 Å². The predicted octanol–water partition coefficient (Wildman–Crippen LogP) is 5.14. The summed E-state index contributed by atoms with van der Waals surface area (Å²) in [6, 6.07) is 11.2. The Morgan fingerprint density at radius 1 is 1.00 bits per heavy atom. The molecule has 0 aromatic heterocycles. The first-order valence-electron chi connectivity index (χ1n) is 6.44. The van der Waals surface area contributed by atoms with Crippen molar-refractivity contribution in [1.82, 2.24) is 5.32 Å². The van der Waals surface area contributed by atoms with Crippen molar-refractivity contribution in [2.24, 2.45) is 0 Å². The lowest BCUT2D eigenvalue weighted by molar-refractivity contribution is 0.472. The van der Waals surface area contributed by atoms with Gasteiger partial charge in [0.05, 0.1) is 0 Å². The largest absolute Gasteiger partial charge is 0.304 e. The molecule has 0 aliphatic rings. The highest BCUT2D eigenvalue weighted by Gasteiger charge is 2.15. The van der Waals surface area contributed by atoms with E-state index in [1.165, 1.54) is 18.2 Å². The molecule has 2 aromatic rings. The highest BCUT2D eigenvalue weighted by molar-refractivity contribution is 9.10. The summed E-state index contributed by atoms with van der Waals surface area (Å²) in [7, 11) is 0. The third-order valence-electron chi connectivity index (χ3n) is 3.28. The van der Waals surface area contributed by atoms with Crippen LogP contribution in [0.25, 0.3) is 0 Å². The summed E-state index contributed by atoms with van der Waals surface area (Å²) >= 11 is 3.24. The molecule has 0 aliphatic heterocycles. The van der Waals surface area contributed by atoms with Gasteiger partial charge in [-0.1, -0.05) is 34.1 Å². The number of halogens is 3. The fraction of sp³-hybridized carbons (Fsp3) is 0.250. The second kappa shape index (κ2) is 6.46. The maximum Gasteiger partial charge on any atom is 0.129 e. The van der Waals surface area contributed by atoms with Crippen molar-refractivity contribution in [2.45, 2.75) is 25.9 Å². The number of hydrogen-bond acceptors (Lipinski definition) is 1. The van der Waals surface area contributed by atoms with Crippen LogP contribution in [0.5, 0.6) is 0 Å². The molecule has 0 saturated carbocycles. The molecule has 1 N–H and O–H groups in total. The minimum atomic E-state index is -0.265. The summed E-state index contributed by atoms with van der Waals surface area (Å²) in [4.78, 5) is 0. The molecule has 1 nitrogen and oxygen atoms in total. The highest BCUT2D eigenvalue weighted by atomic mass is 79.9. The maximum absolute atomic E-state index is 13.9. The van der Waals surface area contributed by atoms with Crippen LogP contribution in [0.4, 0.5) is 8.78 Å². The van der Waals surface area contributed by atoms with Gasteiger partial charge in [0.15, 0.2) is 0 Å². The molecule has 0 heterocycles. The van der Waals surface area contributed by atoms with Gasteiger partial charge < -0.3 is 5.32 Å². The van der Waals surface area contributed by atoms with E-state index in [0.717, 1.165) is 5.56 Å². The zero-order valence-electron chi connectivity index (χ0n) is 11.3. The van der Waals surface area contributed by atoms with Gasteiger partial charge in [-0.25, -0.2) is 8.78 Å². The molecular formula is C16H16BrF2N. The fourth-order valence-corrected chi connectivity index (χ4v) is 2.52. The van der Waals surface area contributed by atoms with Gasteiger partial charge in [0, 0.05) is 22.1 Å². The van der Waals surface area contributed by atoms with Gasteiger partial charge in [-0.05, 0) is 43.7 Å². The van der Waals surface area contributed by atoms with E-state index >= 15 is 0 Å². The fourth-order valence-electron chi connectivity index (χ4n) is 2.19. The number of nitrogens with one attached hydrogen (secondary N) is 1. The molecule has 0 amide bonds. The molecule has 0 bridgehead atoms. The first kappa shape index (κ1) is 15.1. The molecule has 0 aliphatic carbocycles. The lowest BCUT2D eigenvalue weighted by Gasteiger charge is -2.21. The summed E-state index contributed by atoms with van der Waals surface area (Å²) in [5.74, 6) is -0.524. The van der Waals surface area contributed by atoms with Crippen molar-refractivity contribution in [3.63, 3.8) is 0 Å². The first-order chi connectivity index (χ1) is 9.47. The quantitative estimate of drug-likeness (QED) is 0.813. The normalized spacial score (nSPS) is 14.1. The first-order valence-corrected chi connectivity index (χ1v) is 7.23. The van der Waals surface area contributed by atoms with Crippen LogP contribution in [0, 0.1) is 11.6 Å². The van der Waals surface area contributed by atoms with E-state index in [0.29, 0.717) is 10.0 Å². The number of rotatable bonds is 4. The summed E-state index contributed by atoms with van der Waals surface area (Å²) in [6.07, 6.45) is 0. The average molecular weight is 340 g/mol. The van der Waals surface area contributed by atoms with E-state index < -0.39 is 0 Å². The Bertz CT molecular complexity index is 601. The summed E-state index contributed by atoms with van der Waals surface area (Å²) in [6.45, 7) is 3.82. The molecule has 2 aromatic carbocycles. The maximum atomic E-state index is 13.9. The van der Waals surface area contributed by atoms with Crippen molar-refractivity contribution in [2.75, 3.05) is 0 Å². The predicted molar refractivity (Wildman–Crippen MR) is 80.5 cm³/mol. The van der Waals surface area contributed by atoms with Crippen LogP contribution in [-0.2, 0) is 0 Å².